The molecule has 0 amide bonds. The van der Waals surface area contributed by atoms with E-state index in [1.54, 1.807) is 6.92 Å². The van der Waals surface area contributed by atoms with Crippen LogP contribution in [0.4, 0.5) is 0 Å². The maximum Gasteiger partial charge on any atom is 0.137 e. The molecule has 3 N–H and O–H groups in total. The fourth-order valence-corrected chi connectivity index (χ4v) is 3.30. The maximum atomic E-state index is 12.0. The highest BCUT2D eigenvalue weighted by molar-refractivity contribution is 5.80. The summed E-state index contributed by atoms with van der Waals surface area (Å²) in [5, 5.41) is 27.9. The lowest BCUT2D eigenvalue weighted by molar-refractivity contribution is -0.118. The third-order valence-electron chi connectivity index (χ3n) is 4.87. The number of aliphatic hydroxyl groups is 3. The summed E-state index contributed by atoms with van der Waals surface area (Å²) in [5.41, 5.74) is 0.450. The number of hydrogen-bond acceptors (Lipinski definition) is 4. The summed E-state index contributed by atoms with van der Waals surface area (Å²) in [6.07, 6.45) is 11.7. The van der Waals surface area contributed by atoms with E-state index < -0.39 is 12.7 Å². The Morgan fingerprint density at radius 3 is 2.12 bits per heavy atom. The van der Waals surface area contributed by atoms with Gasteiger partial charge in [-0.15, -0.1) is 0 Å². The monoisotopic (exact) mass is 356 g/mol. The summed E-state index contributed by atoms with van der Waals surface area (Å²) in [4.78, 5) is 12.0. The van der Waals surface area contributed by atoms with Crippen molar-refractivity contribution >= 4 is 5.78 Å². The first-order chi connectivity index (χ1) is 12.0. The van der Waals surface area contributed by atoms with Crippen molar-refractivity contribution in [2.24, 2.45) is 5.92 Å². The maximum absolute atomic E-state index is 12.0. The molecule has 0 aliphatic carbocycles. The molecule has 25 heavy (non-hydrogen) atoms. The van der Waals surface area contributed by atoms with E-state index in [0.717, 1.165) is 18.8 Å². The van der Waals surface area contributed by atoms with Crippen molar-refractivity contribution in [1.82, 2.24) is 0 Å². The molecule has 2 unspecified atom stereocenters. The van der Waals surface area contributed by atoms with Gasteiger partial charge in [-0.2, -0.15) is 0 Å². The summed E-state index contributed by atoms with van der Waals surface area (Å²) < 4.78 is 0. The van der Waals surface area contributed by atoms with Gasteiger partial charge in [0, 0.05) is 12.8 Å². The van der Waals surface area contributed by atoms with Gasteiger partial charge >= 0.3 is 0 Å². The molecule has 0 rings (SSSR count). The van der Waals surface area contributed by atoms with Gasteiger partial charge in [0.05, 0.1) is 6.61 Å². The van der Waals surface area contributed by atoms with Gasteiger partial charge in [-0.25, -0.2) is 0 Å². The Labute approximate surface area is 154 Å². The van der Waals surface area contributed by atoms with Crippen molar-refractivity contribution in [3.05, 3.63) is 11.3 Å². The molecule has 148 valence electrons. The molecule has 0 saturated carbocycles. The molecule has 0 radical (unpaired) electrons. The fraction of sp³-hybridized carbons (Fsp3) is 0.857. The van der Waals surface area contributed by atoms with Gasteiger partial charge in [-0.05, 0) is 24.8 Å². The minimum absolute atomic E-state index is 0.0872. The quantitative estimate of drug-likeness (QED) is 0.266. The van der Waals surface area contributed by atoms with Crippen molar-refractivity contribution in [2.75, 3.05) is 6.61 Å². The number of Topliss-reactive ketones (excluding diaryl/α,β-unsaturated/α-hetero) is 1. The van der Waals surface area contributed by atoms with Crippen LogP contribution in [0.3, 0.4) is 0 Å². The molecule has 0 fully saturated rings. The van der Waals surface area contributed by atoms with Gasteiger partial charge in [-0.3, -0.25) is 4.79 Å². The number of ketones is 1. The average molecular weight is 357 g/mol. The van der Waals surface area contributed by atoms with E-state index >= 15 is 0 Å². The normalized spacial score (nSPS) is 14.9. The van der Waals surface area contributed by atoms with Crippen LogP contribution in [0.25, 0.3) is 0 Å². The number of rotatable bonds is 16. The van der Waals surface area contributed by atoms with Crippen molar-refractivity contribution < 1.29 is 20.1 Å². The van der Waals surface area contributed by atoms with Crippen LogP contribution in [0.15, 0.2) is 11.3 Å². The molecule has 0 aliphatic heterocycles. The summed E-state index contributed by atoms with van der Waals surface area (Å²) in [5.74, 6) is 0.609. The number of aliphatic hydroxyl groups excluding tert-OH is 3. The SMILES string of the molecule is CCCCCCC(CCC)CCCCC(=O)C/C(C)=C(/O)C(O)CO. The van der Waals surface area contributed by atoms with E-state index in [1.165, 1.54) is 51.4 Å². The number of allylic oxidation sites excluding steroid dienone is 1. The molecule has 0 aromatic carbocycles. The van der Waals surface area contributed by atoms with E-state index in [4.69, 9.17) is 5.11 Å². The van der Waals surface area contributed by atoms with E-state index in [1.807, 2.05) is 0 Å². The fourth-order valence-electron chi connectivity index (χ4n) is 3.30. The topological polar surface area (TPSA) is 77.8 Å². The van der Waals surface area contributed by atoms with Gasteiger partial charge in [-0.1, -0.05) is 71.6 Å². The van der Waals surface area contributed by atoms with Crippen LogP contribution in [0, 0.1) is 5.92 Å². The molecule has 0 aromatic rings. The Morgan fingerprint density at radius 1 is 0.920 bits per heavy atom. The van der Waals surface area contributed by atoms with Crippen LogP contribution in [0.5, 0.6) is 0 Å². The van der Waals surface area contributed by atoms with Crippen molar-refractivity contribution in [1.29, 1.82) is 0 Å². The second-order valence-corrected chi connectivity index (χ2v) is 7.33. The standard InChI is InChI=1S/C21H40O4/c1-4-6-7-8-12-18(11-5-2)13-9-10-14-19(23)15-17(3)21(25)20(24)16-22/h18,20,22,24-25H,4-16H2,1-3H3/b21-17+. The molecule has 0 aromatic heterocycles. The Balaban J connectivity index is 4.04. The van der Waals surface area contributed by atoms with Gasteiger partial charge in [0.15, 0.2) is 0 Å². The van der Waals surface area contributed by atoms with E-state index in [-0.39, 0.29) is 18.0 Å². The Kier molecular flexibility index (Phi) is 14.9. The van der Waals surface area contributed by atoms with Crippen LogP contribution in [0.2, 0.25) is 0 Å². The third kappa shape index (κ3) is 12.2. The summed E-state index contributed by atoms with van der Waals surface area (Å²) in [6.45, 7) is 5.57. The highest BCUT2D eigenvalue weighted by atomic mass is 16.3. The Morgan fingerprint density at radius 2 is 1.56 bits per heavy atom. The first-order valence-corrected chi connectivity index (χ1v) is 10.1. The summed E-state index contributed by atoms with van der Waals surface area (Å²) in [6, 6.07) is 0. The molecule has 0 spiro atoms. The van der Waals surface area contributed by atoms with Crippen LogP contribution >= 0.6 is 0 Å². The average Bonchev–Trinajstić information content (AvgIpc) is 2.60. The minimum Gasteiger partial charge on any atom is -0.510 e. The number of hydrogen-bond donors (Lipinski definition) is 3. The second kappa shape index (κ2) is 15.4. The van der Waals surface area contributed by atoms with Crippen molar-refractivity contribution in [3.8, 4) is 0 Å². The van der Waals surface area contributed by atoms with E-state index in [9.17, 15) is 15.0 Å². The molecule has 4 heteroatoms. The second-order valence-electron chi connectivity index (χ2n) is 7.33. The zero-order valence-electron chi connectivity index (χ0n) is 16.6. The lowest BCUT2D eigenvalue weighted by Crippen LogP contribution is -2.17. The molecule has 0 heterocycles. The summed E-state index contributed by atoms with van der Waals surface area (Å²) in [7, 11) is 0. The molecular weight excluding hydrogens is 316 g/mol. The molecular formula is C21H40O4. The van der Waals surface area contributed by atoms with Crippen LogP contribution in [0.1, 0.15) is 97.8 Å². The predicted octanol–water partition coefficient (Wildman–Crippen LogP) is 5.08. The van der Waals surface area contributed by atoms with Crippen LogP contribution in [-0.4, -0.2) is 33.8 Å². The summed E-state index contributed by atoms with van der Waals surface area (Å²) >= 11 is 0. The smallest absolute Gasteiger partial charge is 0.137 e. The largest absolute Gasteiger partial charge is 0.510 e. The first-order valence-electron chi connectivity index (χ1n) is 10.1. The van der Waals surface area contributed by atoms with Gasteiger partial charge in [0.2, 0.25) is 0 Å². The Bertz CT molecular complexity index is 376. The van der Waals surface area contributed by atoms with Crippen molar-refractivity contribution in [3.63, 3.8) is 0 Å². The van der Waals surface area contributed by atoms with Gasteiger partial charge < -0.3 is 15.3 Å². The molecule has 2 atom stereocenters. The zero-order valence-corrected chi connectivity index (χ0v) is 16.6. The van der Waals surface area contributed by atoms with E-state index in [0.29, 0.717) is 12.0 Å². The third-order valence-corrected chi connectivity index (χ3v) is 4.87. The van der Waals surface area contributed by atoms with Crippen LogP contribution < -0.4 is 0 Å². The number of unbranched alkanes of at least 4 members (excludes halogenated alkanes) is 4. The van der Waals surface area contributed by atoms with Crippen molar-refractivity contribution in [2.45, 2.75) is 104 Å². The lowest BCUT2D eigenvalue weighted by atomic mass is 9.90. The number of carbonyl (C=O) groups excluding carboxylic acids is 1. The molecule has 0 aliphatic rings. The first kappa shape index (κ1) is 24.1. The highest BCUT2D eigenvalue weighted by Crippen LogP contribution is 2.23. The highest BCUT2D eigenvalue weighted by Gasteiger charge is 2.14. The molecule has 0 saturated heterocycles. The van der Waals surface area contributed by atoms with Crippen LogP contribution in [-0.2, 0) is 4.79 Å². The molecule has 0 bridgehead atoms. The minimum atomic E-state index is -1.28. The van der Waals surface area contributed by atoms with Gasteiger partial charge in [0.25, 0.3) is 0 Å². The van der Waals surface area contributed by atoms with E-state index in [2.05, 4.69) is 13.8 Å². The van der Waals surface area contributed by atoms with Gasteiger partial charge in [0.1, 0.15) is 17.6 Å². The molecule has 4 nitrogen and oxygen atoms in total. The number of carbonyl (C=O) groups is 1. The zero-order chi connectivity index (χ0) is 19.1. The predicted molar refractivity (Wildman–Crippen MR) is 104 cm³/mol. The Hall–Kier alpha value is -0.870. The lowest BCUT2D eigenvalue weighted by Gasteiger charge is -2.16.